The molecule has 2 heterocycles. The van der Waals surface area contributed by atoms with Gasteiger partial charge in [0.05, 0.1) is 17.7 Å². The molecule has 5 heteroatoms. The maximum atomic E-state index is 12.2. The van der Waals surface area contributed by atoms with Crippen molar-refractivity contribution in [2.75, 3.05) is 13.6 Å². The smallest absolute Gasteiger partial charge is 0.225 e. The highest BCUT2D eigenvalue weighted by molar-refractivity contribution is 7.07. The van der Waals surface area contributed by atoms with Gasteiger partial charge in [-0.1, -0.05) is 0 Å². The Balaban J connectivity index is 1.90. The molecule has 17 heavy (non-hydrogen) atoms. The molecule has 2 rings (SSSR count). The lowest BCUT2D eigenvalue weighted by molar-refractivity contribution is -0.135. The van der Waals surface area contributed by atoms with Gasteiger partial charge < -0.3 is 10.2 Å². The van der Waals surface area contributed by atoms with Gasteiger partial charge in [-0.25, -0.2) is 4.98 Å². The molecule has 1 aromatic heterocycles. The maximum absolute atomic E-state index is 12.2. The average Bonchev–Trinajstić information content (AvgIpc) is 2.80. The summed E-state index contributed by atoms with van der Waals surface area (Å²) in [5.74, 6) is 0.432. The Kier molecular flexibility index (Phi) is 4.12. The third-order valence-electron chi connectivity index (χ3n) is 3.23. The fraction of sp³-hybridized carbons (Fsp3) is 0.667. The zero-order valence-electron chi connectivity index (χ0n) is 10.3. The van der Waals surface area contributed by atoms with Gasteiger partial charge in [0.25, 0.3) is 0 Å². The van der Waals surface area contributed by atoms with Crippen molar-refractivity contribution in [3.8, 4) is 0 Å². The number of rotatable bonds is 3. The molecular formula is C12H19N3OS. The summed E-state index contributed by atoms with van der Waals surface area (Å²) in [6.45, 7) is 3.71. The molecule has 1 fully saturated rings. The second kappa shape index (κ2) is 5.60. The van der Waals surface area contributed by atoms with E-state index in [1.54, 1.807) is 21.7 Å². The van der Waals surface area contributed by atoms with Crippen LogP contribution in [-0.4, -0.2) is 35.4 Å². The summed E-state index contributed by atoms with van der Waals surface area (Å²) in [6.07, 6.45) is 1.89. The summed E-state index contributed by atoms with van der Waals surface area (Å²) in [6, 6.07) is 0.449. The van der Waals surface area contributed by atoms with E-state index in [0.717, 1.165) is 25.1 Å². The van der Waals surface area contributed by atoms with Gasteiger partial charge in [-0.15, -0.1) is 11.3 Å². The number of aromatic nitrogens is 1. The minimum Gasteiger partial charge on any atom is -0.340 e. The molecule has 0 radical (unpaired) electrons. The average molecular weight is 253 g/mol. The van der Waals surface area contributed by atoms with Gasteiger partial charge in [-0.05, 0) is 26.3 Å². The highest BCUT2D eigenvalue weighted by Crippen LogP contribution is 2.19. The highest BCUT2D eigenvalue weighted by Gasteiger charge is 2.27. The SMILES string of the molecule is CC1CC(C(=O)N(C)Cc2cscn2)CCN1. The number of hydrogen-bond donors (Lipinski definition) is 1. The molecule has 94 valence electrons. The Labute approximate surface area is 106 Å². The van der Waals surface area contributed by atoms with Gasteiger partial charge in [0.15, 0.2) is 0 Å². The minimum absolute atomic E-state index is 0.176. The van der Waals surface area contributed by atoms with Gasteiger partial charge in [0.1, 0.15) is 0 Å². The molecule has 1 aliphatic rings. The van der Waals surface area contributed by atoms with E-state index < -0.39 is 0 Å². The Hall–Kier alpha value is -0.940. The van der Waals surface area contributed by atoms with Gasteiger partial charge in [0.2, 0.25) is 5.91 Å². The largest absolute Gasteiger partial charge is 0.340 e. The molecule has 0 spiro atoms. The topological polar surface area (TPSA) is 45.2 Å². The second-order valence-corrected chi connectivity index (χ2v) is 5.47. The van der Waals surface area contributed by atoms with Crippen LogP contribution in [0.4, 0.5) is 0 Å². The molecule has 0 saturated carbocycles. The molecule has 2 atom stereocenters. The predicted molar refractivity (Wildman–Crippen MR) is 68.8 cm³/mol. The van der Waals surface area contributed by atoms with Crippen LogP contribution in [0.15, 0.2) is 10.9 Å². The maximum Gasteiger partial charge on any atom is 0.225 e. The molecule has 4 nitrogen and oxygen atoms in total. The minimum atomic E-state index is 0.176. The fourth-order valence-corrected chi connectivity index (χ4v) is 2.85. The monoisotopic (exact) mass is 253 g/mol. The molecule has 0 bridgehead atoms. The normalized spacial score (nSPS) is 24.6. The van der Waals surface area contributed by atoms with Crippen LogP contribution in [-0.2, 0) is 11.3 Å². The Morgan fingerprint density at radius 2 is 2.53 bits per heavy atom. The number of thiazole rings is 1. The van der Waals surface area contributed by atoms with E-state index >= 15 is 0 Å². The Morgan fingerprint density at radius 1 is 1.71 bits per heavy atom. The zero-order chi connectivity index (χ0) is 12.3. The first-order chi connectivity index (χ1) is 8.16. The Morgan fingerprint density at radius 3 is 3.18 bits per heavy atom. The molecular weight excluding hydrogens is 234 g/mol. The molecule has 1 aliphatic heterocycles. The van der Waals surface area contributed by atoms with E-state index in [-0.39, 0.29) is 11.8 Å². The van der Waals surface area contributed by atoms with Crippen molar-refractivity contribution in [2.24, 2.45) is 5.92 Å². The highest BCUT2D eigenvalue weighted by atomic mass is 32.1. The summed E-state index contributed by atoms with van der Waals surface area (Å²) in [4.78, 5) is 18.3. The number of carbonyl (C=O) groups is 1. The van der Waals surface area contributed by atoms with Crippen LogP contribution < -0.4 is 5.32 Å². The van der Waals surface area contributed by atoms with Crippen molar-refractivity contribution in [1.82, 2.24) is 15.2 Å². The van der Waals surface area contributed by atoms with Crippen molar-refractivity contribution in [3.05, 3.63) is 16.6 Å². The summed E-state index contributed by atoms with van der Waals surface area (Å²) in [5.41, 5.74) is 2.79. The first-order valence-electron chi connectivity index (χ1n) is 6.02. The third kappa shape index (κ3) is 3.26. The van der Waals surface area contributed by atoms with Gasteiger partial charge in [-0.2, -0.15) is 0 Å². The van der Waals surface area contributed by atoms with Crippen LogP contribution >= 0.6 is 11.3 Å². The lowest BCUT2D eigenvalue weighted by Gasteiger charge is -2.30. The standard InChI is InChI=1S/C12H19N3OS/c1-9-5-10(3-4-13-9)12(16)15(2)6-11-7-17-8-14-11/h7-10,13H,3-6H2,1-2H3. The van der Waals surface area contributed by atoms with Gasteiger partial charge in [-0.3, -0.25) is 4.79 Å². The number of amides is 1. The van der Waals surface area contributed by atoms with E-state index in [2.05, 4.69) is 17.2 Å². The van der Waals surface area contributed by atoms with Crippen molar-refractivity contribution in [3.63, 3.8) is 0 Å². The summed E-state index contributed by atoms with van der Waals surface area (Å²) < 4.78 is 0. The van der Waals surface area contributed by atoms with E-state index in [1.807, 2.05) is 12.4 Å². The van der Waals surface area contributed by atoms with E-state index in [4.69, 9.17) is 0 Å². The van der Waals surface area contributed by atoms with Crippen molar-refractivity contribution < 1.29 is 4.79 Å². The lowest BCUT2D eigenvalue weighted by Crippen LogP contribution is -2.42. The van der Waals surface area contributed by atoms with Crippen LogP contribution in [0.5, 0.6) is 0 Å². The van der Waals surface area contributed by atoms with Crippen LogP contribution in [0.3, 0.4) is 0 Å². The molecule has 1 amide bonds. The van der Waals surface area contributed by atoms with Gasteiger partial charge in [0, 0.05) is 24.4 Å². The first kappa shape index (κ1) is 12.5. The van der Waals surface area contributed by atoms with Crippen LogP contribution in [0.25, 0.3) is 0 Å². The molecule has 1 saturated heterocycles. The van der Waals surface area contributed by atoms with Crippen LogP contribution in [0.2, 0.25) is 0 Å². The van der Waals surface area contributed by atoms with Crippen molar-refractivity contribution in [1.29, 1.82) is 0 Å². The van der Waals surface area contributed by atoms with Crippen molar-refractivity contribution >= 4 is 17.2 Å². The molecule has 1 N–H and O–H groups in total. The van der Waals surface area contributed by atoms with E-state index in [1.165, 1.54) is 0 Å². The molecule has 0 aliphatic carbocycles. The second-order valence-electron chi connectivity index (χ2n) is 4.75. The Bertz CT molecular complexity index is 366. The van der Waals surface area contributed by atoms with E-state index in [9.17, 15) is 4.79 Å². The fourth-order valence-electron chi connectivity index (χ4n) is 2.30. The number of nitrogens with one attached hydrogen (secondary N) is 1. The molecule has 0 aromatic carbocycles. The zero-order valence-corrected chi connectivity index (χ0v) is 11.2. The number of nitrogens with zero attached hydrogens (tertiary/aromatic N) is 2. The van der Waals surface area contributed by atoms with Crippen LogP contribution in [0.1, 0.15) is 25.5 Å². The summed E-state index contributed by atoms with van der Waals surface area (Å²) in [7, 11) is 1.87. The summed E-state index contributed by atoms with van der Waals surface area (Å²) >= 11 is 1.57. The quantitative estimate of drug-likeness (QED) is 0.887. The molecule has 2 unspecified atom stereocenters. The summed E-state index contributed by atoms with van der Waals surface area (Å²) in [5, 5.41) is 5.36. The predicted octanol–water partition coefficient (Wildman–Crippen LogP) is 1.49. The lowest BCUT2D eigenvalue weighted by atomic mass is 9.92. The van der Waals surface area contributed by atoms with Crippen LogP contribution in [0, 0.1) is 5.92 Å². The van der Waals surface area contributed by atoms with E-state index in [0.29, 0.717) is 12.6 Å². The number of piperidine rings is 1. The molecule has 1 aromatic rings. The number of carbonyl (C=O) groups excluding carboxylic acids is 1. The third-order valence-corrected chi connectivity index (χ3v) is 3.87. The number of hydrogen-bond acceptors (Lipinski definition) is 4. The van der Waals surface area contributed by atoms with Crippen molar-refractivity contribution in [2.45, 2.75) is 32.4 Å². The first-order valence-corrected chi connectivity index (χ1v) is 6.96. The van der Waals surface area contributed by atoms with Gasteiger partial charge >= 0.3 is 0 Å².